The maximum absolute atomic E-state index is 14.5. The van der Waals surface area contributed by atoms with E-state index in [9.17, 15) is 14.0 Å². The maximum atomic E-state index is 14.5. The van der Waals surface area contributed by atoms with Gasteiger partial charge in [0.2, 0.25) is 0 Å². The van der Waals surface area contributed by atoms with Crippen molar-refractivity contribution in [2.45, 2.75) is 25.2 Å². The van der Waals surface area contributed by atoms with Crippen molar-refractivity contribution >= 4 is 28.4 Å². The van der Waals surface area contributed by atoms with Crippen molar-refractivity contribution in [2.75, 3.05) is 19.8 Å². The first-order chi connectivity index (χ1) is 16.4. The number of nitriles is 1. The number of hydrogen-bond donors (Lipinski definition) is 2. The molecule has 4 rings (SSSR count). The second kappa shape index (κ2) is 10.6. The fourth-order valence-corrected chi connectivity index (χ4v) is 3.63. The second-order valence-electron chi connectivity index (χ2n) is 7.54. The Morgan fingerprint density at radius 2 is 2.18 bits per heavy atom. The molecule has 11 heteroatoms. The summed E-state index contributed by atoms with van der Waals surface area (Å²) in [5.41, 5.74) is 0.181. The molecule has 2 aromatic carbocycles. The molecule has 1 aliphatic heterocycles. The molecule has 1 saturated heterocycles. The number of amides is 1. The van der Waals surface area contributed by atoms with Crippen molar-refractivity contribution in [3.63, 3.8) is 0 Å². The molecule has 2 unspecified atom stereocenters. The fraction of sp³-hybridized carbons (Fsp3) is 0.304. The predicted octanol–water partition coefficient (Wildman–Crippen LogP) is 2.72. The molecule has 0 aliphatic carbocycles. The minimum absolute atomic E-state index is 0.0442. The third kappa shape index (κ3) is 5.51. The maximum Gasteiger partial charge on any atom is 0.287 e. The number of halogens is 2. The largest absolute Gasteiger partial charge is 0.489 e. The number of hydrogen-bond acceptors (Lipinski definition) is 7. The molecule has 1 aliphatic rings. The van der Waals surface area contributed by atoms with E-state index in [1.807, 2.05) is 6.07 Å². The SMILES string of the molecule is N#CC1COC(CCOc2c(F)ccc3nc(C(=O)NCc4cccc(Cl)c4)[nH]c(=O)c23)CO1. The van der Waals surface area contributed by atoms with Gasteiger partial charge in [0, 0.05) is 18.0 Å². The monoisotopic (exact) mass is 486 g/mol. The summed E-state index contributed by atoms with van der Waals surface area (Å²) in [5, 5.41) is 11.9. The van der Waals surface area contributed by atoms with Crippen LogP contribution in [0.25, 0.3) is 10.9 Å². The number of ether oxygens (including phenoxy) is 3. The fourth-order valence-electron chi connectivity index (χ4n) is 3.42. The Morgan fingerprint density at radius 1 is 1.32 bits per heavy atom. The third-order valence-corrected chi connectivity index (χ3v) is 5.37. The van der Waals surface area contributed by atoms with E-state index < -0.39 is 23.4 Å². The second-order valence-corrected chi connectivity index (χ2v) is 7.98. The zero-order valence-corrected chi connectivity index (χ0v) is 18.6. The zero-order chi connectivity index (χ0) is 24.1. The molecule has 1 amide bonds. The molecule has 176 valence electrons. The molecule has 2 heterocycles. The van der Waals surface area contributed by atoms with Crippen molar-refractivity contribution in [2.24, 2.45) is 0 Å². The van der Waals surface area contributed by atoms with Crippen LogP contribution in [0.3, 0.4) is 0 Å². The van der Waals surface area contributed by atoms with Gasteiger partial charge in [-0.15, -0.1) is 0 Å². The van der Waals surface area contributed by atoms with Gasteiger partial charge in [0.05, 0.1) is 37.5 Å². The lowest BCUT2D eigenvalue weighted by atomic mass is 10.2. The predicted molar refractivity (Wildman–Crippen MR) is 120 cm³/mol. The summed E-state index contributed by atoms with van der Waals surface area (Å²) in [5.74, 6) is -1.81. The summed E-state index contributed by atoms with van der Waals surface area (Å²) in [6.07, 6.45) is -0.549. The van der Waals surface area contributed by atoms with E-state index in [1.165, 1.54) is 6.07 Å². The Morgan fingerprint density at radius 3 is 2.91 bits per heavy atom. The number of nitrogens with one attached hydrogen (secondary N) is 2. The van der Waals surface area contributed by atoms with Gasteiger partial charge in [0.15, 0.2) is 23.5 Å². The first-order valence-corrected chi connectivity index (χ1v) is 10.8. The van der Waals surface area contributed by atoms with E-state index in [0.29, 0.717) is 11.4 Å². The lowest BCUT2D eigenvalue weighted by Crippen LogP contribution is -2.35. The molecular weight excluding hydrogens is 467 g/mol. The van der Waals surface area contributed by atoms with Crippen molar-refractivity contribution in [3.05, 3.63) is 69.0 Å². The molecule has 1 fully saturated rings. The Bertz CT molecular complexity index is 1300. The van der Waals surface area contributed by atoms with Gasteiger partial charge >= 0.3 is 0 Å². The van der Waals surface area contributed by atoms with Crippen LogP contribution in [0.5, 0.6) is 5.75 Å². The van der Waals surface area contributed by atoms with E-state index in [1.54, 1.807) is 24.3 Å². The molecule has 3 aromatic rings. The van der Waals surface area contributed by atoms with Gasteiger partial charge < -0.3 is 24.5 Å². The molecule has 2 N–H and O–H groups in total. The Hall–Kier alpha value is -3.52. The average molecular weight is 487 g/mol. The van der Waals surface area contributed by atoms with Gasteiger partial charge in [-0.05, 0) is 29.8 Å². The number of aromatic amines is 1. The highest BCUT2D eigenvalue weighted by Crippen LogP contribution is 2.25. The smallest absolute Gasteiger partial charge is 0.287 e. The summed E-state index contributed by atoms with van der Waals surface area (Å²) in [4.78, 5) is 31.8. The number of benzene rings is 2. The van der Waals surface area contributed by atoms with Gasteiger partial charge in [-0.3, -0.25) is 9.59 Å². The third-order valence-electron chi connectivity index (χ3n) is 5.13. The van der Waals surface area contributed by atoms with Gasteiger partial charge in [-0.1, -0.05) is 23.7 Å². The minimum atomic E-state index is -0.733. The molecule has 2 atom stereocenters. The Kier molecular flexibility index (Phi) is 7.37. The molecule has 1 aromatic heterocycles. The van der Waals surface area contributed by atoms with E-state index in [2.05, 4.69) is 15.3 Å². The first kappa shape index (κ1) is 23.6. The topological polar surface area (TPSA) is 126 Å². The summed E-state index contributed by atoms with van der Waals surface area (Å²) >= 11 is 5.94. The van der Waals surface area contributed by atoms with Crippen molar-refractivity contribution in [3.8, 4) is 11.8 Å². The van der Waals surface area contributed by atoms with Gasteiger partial charge in [-0.2, -0.15) is 5.26 Å². The van der Waals surface area contributed by atoms with E-state index >= 15 is 0 Å². The number of aromatic nitrogens is 2. The van der Waals surface area contributed by atoms with E-state index in [0.717, 1.165) is 11.6 Å². The molecule has 34 heavy (non-hydrogen) atoms. The lowest BCUT2D eigenvalue weighted by Gasteiger charge is -2.26. The normalized spacial score (nSPS) is 17.8. The lowest BCUT2D eigenvalue weighted by molar-refractivity contribution is -0.118. The van der Waals surface area contributed by atoms with E-state index in [4.69, 9.17) is 31.1 Å². The quantitative estimate of drug-likeness (QED) is 0.525. The van der Waals surface area contributed by atoms with Crippen LogP contribution in [0.15, 0.2) is 41.2 Å². The van der Waals surface area contributed by atoms with Crippen LogP contribution >= 0.6 is 11.6 Å². The standard InChI is InChI=1S/C23H20ClFN4O5/c24-14-3-1-2-13(8-14)10-27-23(31)21-28-18-5-4-17(25)20(19(18)22(30)29-21)32-7-6-15-11-34-16(9-26)12-33-15/h1-5,8,15-16H,6-7,10-12H2,(H,27,31)(H,28,29,30). The van der Waals surface area contributed by atoms with Gasteiger partial charge in [-0.25, -0.2) is 9.37 Å². The highest BCUT2D eigenvalue weighted by Gasteiger charge is 2.23. The molecule has 9 nitrogen and oxygen atoms in total. The van der Waals surface area contributed by atoms with Crippen LogP contribution in [0, 0.1) is 17.1 Å². The molecule has 0 bridgehead atoms. The molecule has 0 saturated carbocycles. The highest BCUT2D eigenvalue weighted by atomic mass is 35.5. The van der Waals surface area contributed by atoms with Crippen molar-refractivity contribution in [1.29, 1.82) is 5.26 Å². The van der Waals surface area contributed by atoms with Crippen LogP contribution in [0.1, 0.15) is 22.6 Å². The van der Waals surface area contributed by atoms with Crippen LogP contribution < -0.4 is 15.6 Å². The summed E-state index contributed by atoms with van der Waals surface area (Å²) in [7, 11) is 0. The average Bonchev–Trinajstić information content (AvgIpc) is 2.84. The molecular formula is C23H20ClFN4O5. The van der Waals surface area contributed by atoms with Crippen molar-refractivity contribution < 1.29 is 23.4 Å². The number of carbonyl (C=O) groups excluding carboxylic acids is 1. The summed E-state index contributed by atoms with van der Waals surface area (Å²) in [6, 6.07) is 11.4. The van der Waals surface area contributed by atoms with Gasteiger partial charge in [0.1, 0.15) is 5.39 Å². The van der Waals surface area contributed by atoms with Crippen LogP contribution in [-0.2, 0) is 16.0 Å². The number of rotatable bonds is 7. The van der Waals surface area contributed by atoms with Crippen LogP contribution in [-0.4, -0.2) is 47.9 Å². The number of H-pyrrole nitrogens is 1. The van der Waals surface area contributed by atoms with Crippen LogP contribution in [0.4, 0.5) is 4.39 Å². The Labute approximate surface area is 198 Å². The summed E-state index contributed by atoms with van der Waals surface area (Å²) < 4.78 is 30.9. The first-order valence-electron chi connectivity index (χ1n) is 10.5. The Balaban J connectivity index is 1.45. The van der Waals surface area contributed by atoms with Crippen LogP contribution in [0.2, 0.25) is 5.02 Å². The van der Waals surface area contributed by atoms with E-state index in [-0.39, 0.29) is 54.9 Å². The minimum Gasteiger partial charge on any atom is -0.489 e. The number of fused-ring (bicyclic) bond motifs is 1. The number of nitrogens with zero attached hydrogens (tertiary/aromatic N) is 2. The number of carbonyl (C=O) groups is 1. The molecule has 0 radical (unpaired) electrons. The molecule has 0 spiro atoms. The van der Waals surface area contributed by atoms with Gasteiger partial charge in [0.25, 0.3) is 11.5 Å². The zero-order valence-electron chi connectivity index (χ0n) is 17.8. The van der Waals surface area contributed by atoms with Crippen molar-refractivity contribution in [1.82, 2.24) is 15.3 Å². The highest BCUT2D eigenvalue weighted by molar-refractivity contribution is 6.30. The summed E-state index contributed by atoms with van der Waals surface area (Å²) in [6.45, 7) is 0.592.